The summed E-state index contributed by atoms with van der Waals surface area (Å²) in [6, 6.07) is 25.3. The third-order valence-corrected chi connectivity index (χ3v) is 5.19. The van der Waals surface area contributed by atoms with Crippen LogP contribution in [0.2, 0.25) is 0 Å². The van der Waals surface area contributed by atoms with E-state index >= 15 is 0 Å². The molecule has 0 unspecified atom stereocenters. The first-order valence-corrected chi connectivity index (χ1v) is 10.5. The van der Waals surface area contributed by atoms with Crippen LogP contribution in [-0.4, -0.2) is 23.2 Å². The van der Waals surface area contributed by atoms with Gasteiger partial charge in [0.15, 0.2) is 0 Å². The third-order valence-electron chi connectivity index (χ3n) is 5.19. The molecule has 0 bridgehead atoms. The lowest BCUT2D eigenvalue weighted by Gasteiger charge is -2.23. The summed E-state index contributed by atoms with van der Waals surface area (Å²) in [5.41, 5.74) is 3.89. The van der Waals surface area contributed by atoms with Crippen molar-refractivity contribution in [3.63, 3.8) is 0 Å². The first-order valence-electron chi connectivity index (χ1n) is 10.5. The molecule has 1 heterocycles. The van der Waals surface area contributed by atoms with Crippen LogP contribution in [0.15, 0.2) is 83.3 Å². The summed E-state index contributed by atoms with van der Waals surface area (Å²) in [5.74, 6) is 1.64. The van der Waals surface area contributed by atoms with Crippen molar-refractivity contribution < 1.29 is 13.9 Å². The van der Waals surface area contributed by atoms with Crippen molar-refractivity contribution in [3.8, 4) is 17.2 Å². The van der Waals surface area contributed by atoms with Gasteiger partial charge in [0.2, 0.25) is 17.7 Å². The van der Waals surface area contributed by atoms with E-state index in [1.165, 1.54) is 0 Å². The number of aromatic nitrogens is 2. The molecule has 6 nitrogen and oxygen atoms in total. The predicted octanol–water partition coefficient (Wildman–Crippen LogP) is 5.22. The van der Waals surface area contributed by atoms with E-state index < -0.39 is 0 Å². The molecule has 0 radical (unpaired) electrons. The second-order valence-electron chi connectivity index (χ2n) is 7.53. The van der Waals surface area contributed by atoms with Crippen LogP contribution in [0.1, 0.15) is 23.4 Å². The van der Waals surface area contributed by atoms with Gasteiger partial charge in [-0.3, -0.25) is 4.79 Å². The molecule has 0 atom stereocenters. The number of hydrogen-bond donors (Lipinski definition) is 0. The van der Waals surface area contributed by atoms with Crippen molar-refractivity contribution in [1.82, 2.24) is 10.2 Å². The summed E-state index contributed by atoms with van der Waals surface area (Å²) in [7, 11) is 1.62. The molecule has 0 saturated carbocycles. The number of benzene rings is 3. The highest BCUT2D eigenvalue weighted by Gasteiger charge is 2.18. The highest BCUT2D eigenvalue weighted by Crippen LogP contribution is 2.23. The molecule has 1 aromatic heterocycles. The van der Waals surface area contributed by atoms with E-state index in [-0.39, 0.29) is 12.3 Å². The Morgan fingerprint density at radius 2 is 1.66 bits per heavy atom. The summed E-state index contributed by atoms with van der Waals surface area (Å²) >= 11 is 0. The molecule has 6 heteroatoms. The zero-order chi connectivity index (χ0) is 22.3. The van der Waals surface area contributed by atoms with E-state index in [9.17, 15) is 4.79 Å². The van der Waals surface area contributed by atoms with Crippen LogP contribution in [-0.2, 0) is 17.8 Å². The zero-order valence-electron chi connectivity index (χ0n) is 18.2. The smallest absolute Gasteiger partial charge is 0.247 e. The number of ether oxygens (including phenoxy) is 1. The molecular weight excluding hydrogens is 402 g/mol. The van der Waals surface area contributed by atoms with Crippen molar-refractivity contribution in [1.29, 1.82) is 0 Å². The number of aryl methyl sites for hydroxylation is 2. The molecule has 32 heavy (non-hydrogen) atoms. The minimum absolute atomic E-state index is 0.0193. The molecule has 0 spiro atoms. The highest BCUT2D eigenvalue weighted by molar-refractivity contribution is 5.93. The van der Waals surface area contributed by atoms with Gasteiger partial charge in [0.1, 0.15) is 5.75 Å². The Morgan fingerprint density at radius 3 is 2.34 bits per heavy atom. The van der Waals surface area contributed by atoms with Gasteiger partial charge in [-0.2, -0.15) is 0 Å². The molecule has 3 aromatic carbocycles. The summed E-state index contributed by atoms with van der Waals surface area (Å²) in [5, 5.41) is 8.25. The van der Waals surface area contributed by atoms with Crippen molar-refractivity contribution in [2.45, 2.75) is 26.3 Å². The number of nitrogens with zero attached hydrogens (tertiary/aromatic N) is 3. The second kappa shape index (κ2) is 9.92. The van der Waals surface area contributed by atoms with E-state index in [1.807, 2.05) is 85.8 Å². The van der Waals surface area contributed by atoms with E-state index in [2.05, 4.69) is 10.2 Å². The first kappa shape index (κ1) is 21.3. The molecule has 0 fully saturated rings. The van der Waals surface area contributed by atoms with Gasteiger partial charge < -0.3 is 14.1 Å². The Kier molecular flexibility index (Phi) is 6.60. The lowest BCUT2D eigenvalue weighted by molar-refractivity contribution is -0.118. The number of methoxy groups -OCH3 is 1. The fourth-order valence-electron chi connectivity index (χ4n) is 3.37. The maximum atomic E-state index is 13.2. The van der Waals surface area contributed by atoms with Gasteiger partial charge in [0.25, 0.3) is 0 Å². The van der Waals surface area contributed by atoms with Crippen LogP contribution in [0.3, 0.4) is 0 Å². The lowest BCUT2D eigenvalue weighted by atomic mass is 10.1. The minimum Gasteiger partial charge on any atom is -0.497 e. The van der Waals surface area contributed by atoms with Crippen LogP contribution in [0.4, 0.5) is 5.69 Å². The predicted molar refractivity (Wildman–Crippen MR) is 123 cm³/mol. The summed E-state index contributed by atoms with van der Waals surface area (Å²) in [6.07, 6.45) is 0.632. The van der Waals surface area contributed by atoms with Crippen LogP contribution < -0.4 is 9.64 Å². The molecule has 0 aliphatic carbocycles. The average molecular weight is 428 g/mol. The van der Waals surface area contributed by atoms with Crippen molar-refractivity contribution in [2.75, 3.05) is 12.0 Å². The number of carbonyl (C=O) groups is 1. The van der Waals surface area contributed by atoms with E-state index in [4.69, 9.17) is 9.15 Å². The molecule has 1 amide bonds. The highest BCUT2D eigenvalue weighted by atomic mass is 16.5. The zero-order valence-corrected chi connectivity index (χ0v) is 18.2. The van der Waals surface area contributed by atoms with Crippen LogP contribution in [0.5, 0.6) is 5.75 Å². The van der Waals surface area contributed by atoms with Gasteiger partial charge in [-0.1, -0.05) is 48.0 Å². The maximum absolute atomic E-state index is 13.2. The Morgan fingerprint density at radius 1 is 0.938 bits per heavy atom. The van der Waals surface area contributed by atoms with Gasteiger partial charge in [-0.25, -0.2) is 0 Å². The van der Waals surface area contributed by atoms with Crippen molar-refractivity contribution in [2.24, 2.45) is 0 Å². The molecule has 0 N–H and O–H groups in total. The van der Waals surface area contributed by atoms with E-state index in [0.717, 1.165) is 28.1 Å². The van der Waals surface area contributed by atoms with Gasteiger partial charge >= 0.3 is 0 Å². The molecule has 4 aromatic rings. The van der Waals surface area contributed by atoms with Crippen LogP contribution in [0, 0.1) is 6.92 Å². The number of rotatable bonds is 8. The number of hydrogen-bond acceptors (Lipinski definition) is 5. The van der Waals surface area contributed by atoms with E-state index in [1.54, 1.807) is 12.0 Å². The Labute approximate surface area is 187 Å². The minimum atomic E-state index is -0.0193. The molecule has 162 valence electrons. The monoisotopic (exact) mass is 427 g/mol. The van der Waals surface area contributed by atoms with Crippen molar-refractivity contribution in [3.05, 3.63) is 95.9 Å². The van der Waals surface area contributed by atoms with Crippen molar-refractivity contribution >= 4 is 11.6 Å². The molecule has 0 aliphatic rings. The summed E-state index contributed by atoms with van der Waals surface area (Å²) < 4.78 is 11.0. The molecule has 0 aliphatic heterocycles. The number of anilines is 1. The lowest BCUT2D eigenvalue weighted by Crippen LogP contribution is -2.30. The first-order chi connectivity index (χ1) is 15.6. The second-order valence-corrected chi connectivity index (χ2v) is 7.53. The molecular formula is C26H25N3O3. The molecule has 4 rings (SSSR count). The quantitative estimate of drug-likeness (QED) is 0.386. The fourth-order valence-corrected chi connectivity index (χ4v) is 3.37. The largest absolute Gasteiger partial charge is 0.497 e. The summed E-state index contributed by atoms with van der Waals surface area (Å²) in [4.78, 5) is 15.0. The maximum Gasteiger partial charge on any atom is 0.247 e. The van der Waals surface area contributed by atoms with Crippen LogP contribution >= 0.6 is 0 Å². The SMILES string of the molecule is COc1ccc(N(Cc2ccccc2)C(=O)CCc2nnc(-c3ccc(C)cc3)o2)cc1. The fraction of sp³-hybridized carbons (Fsp3) is 0.192. The topological polar surface area (TPSA) is 68.5 Å². The standard InChI is InChI=1S/C26H25N3O3/c1-19-8-10-21(11-9-19)26-28-27-24(32-26)16-17-25(30)29(18-20-6-4-3-5-7-20)22-12-14-23(31-2)15-13-22/h3-15H,16-18H2,1-2H3. The number of amides is 1. The van der Waals surface area contributed by atoms with E-state index in [0.29, 0.717) is 24.7 Å². The average Bonchev–Trinajstić information content (AvgIpc) is 3.31. The van der Waals surface area contributed by atoms with Gasteiger partial charge in [0, 0.05) is 24.1 Å². The van der Waals surface area contributed by atoms with Gasteiger partial charge in [-0.15, -0.1) is 10.2 Å². The number of carbonyl (C=O) groups excluding carboxylic acids is 1. The van der Waals surface area contributed by atoms with Gasteiger partial charge in [-0.05, 0) is 48.9 Å². The van der Waals surface area contributed by atoms with Crippen LogP contribution in [0.25, 0.3) is 11.5 Å². The third kappa shape index (κ3) is 5.21. The van der Waals surface area contributed by atoms with Gasteiger partial charge in [0.05, 0.1) is 13.7 Å². The Bertz CT molecular complexity index is 1150. The normalized spacial score (nSPS) is 10.7. The Hall–Kier alpha value is -3.93. The molecule has 0 saturated heterocycles. The Balaban J connectivity index is 1.47. The summed E-state index contributed by atoms with van der Waals surface area (Å²) in [6.45, 7) is 2.50.